The largest absolute Gasteiger partial charge is 0.496 e. The van der Waals surface area contributed by atoms with Crippen LogP contribution in [-0.4, -0.2) is 25.0 Å². The number of hydrogen-bond donors (Lipinski definition) is 1. The van der Waals surface area contributed by atoms with Gasteiger partial charge in [-0.15, -0.1) is 0 Å². The number of aryl methyl sites for hydroxylation is 2. The molecule has 4 rings (SSSR count). The summed E-state index contributed by atoms with van der Waals surface area (Å²) in [6.07, 6.45) is 0.0546. The maximum Gasteiger partial charge on any atom is 0.282 e. The first-order valence-electron chi connectivity index (χ1n) is 11.2. The third kappa shape index (κ3) is 4.39. The number of imide groups is 1. The zero-order chi connectivity index (χ0) is 24.4. The number of carbonyl (C=O) groups is 2. The minimum Gasteiger partial charge on any atom is -0.496 e. The maximum atomic E-state index is 13.7. The summed E-state index contributed by atoms with van der Waals surface area (Å²) in [4.78, 5) is 28.6. The number of methoxy groups -OCH3 is 1. The fraction of sp³-hybridized carbons (Fsp3) is 0.214. The summed E-state index contributed by atoms with van der Waals surface area (Å²) in [6.45, 7) is 7.79. The van der Waals surface area contributed by atoms with Gasteiger partial charge >= 0.3 is 0 Å². The van der Waals surface area contributed by atoms with Gasteiger partial charge in [-0.05, 0) is 69.7 Å². The molecule has 6 heteroatoms. The molecule has 0 aromatic heterocycles. The molecule has 1 heterocycles. The average molecular weight is 457 g/mol. The van der Waals surface area contributed by atoms with Gasteiger partial charge in [0.05, 0.1) is 24.5 Å². The lowest BCUT2D eigenvalue weighted by atomic mass is 10.0. The Kier molecular flexibility index (Phi) is 6.41. The van der Waals surface area contributed by atoms with E-state index < -0.39 is 11.8 Å². The molecular weight excluding hydrogens is 428 g/mol. The summed E-state index contributed by atoms with van der Waals surface area (Å²) < 4.78 is 11.2. The molecule has 2 amide bonds. The van der Waals surface area contributed by atoms with Gasteiger partial charge < -0.3 is 14.8 Å². The zero-order valence-electron chi connectivity index (χ0n) is 20.0. The third-order valence-electron chi connectivity index (χ3n) is 5.55. The minimum atomic E-state index is -0.416. The van der Waals surface area contributed by atoms with E-state index in [-0.39, 0.29) is 17.4 Å². The van der Waals surface area contributed by atoms with E-state index in [1.165, 1.54) is 4.90 Å². The smallest absolute Gasteiger partial charge is 0.282 e. The molecule has 174 valence electrons. The monoisotopic (exact) mass is 456 g/mol. The van der Waals surface area contributed by atoms with E-state index in [0.717, 1.165) is 16.9 Å². The molecule has 34 heavy (non-hydrogen) atoms. The van der Waals surface area contributed by atoms with Crippen molar-refractivity contribution in [2.24, 2.45) is 0 Å². The number of amides is 2. The van der Waals surface area contributed by atoms with Gasteiger partial charge in [0.2, 0.25) is 0 Å². The Bertz CT molecular complexity index is 1280. The van der Waals surface area contributed by atoms with Gasteiger partial charge in [0.1, 0.15) is 17.2 Å². The zero-order valence-corrected chi connectivity index (χ0v) is 20.0. The number of nitrogens with one attached hydrogen (secondary N) is 1. The number of carbonyl (C=O) groups excluding carboxylic acids is 2. The van der Waals surface area contributed by atoms with Crippen LogP contribution in [0, 0.1) is 13.8 Å². The molecule has 1 aliphatic rings. The number of para-hydroxylation sites is 1. The molecule has 1 aliphatic heterocycles. The molecule has 0 saturated carbocycles. The van der Waals surface area contributed by atoms with Crippen molar-refractivity contribution in [1.29, 1.82) is 0 Å². The summed E-state index contributed by atoms with van der Waals surface area (Å²) >= 11 is 0. The van der Waals surface area contributed by atoms with E-state index in [9.17, 15) is 9.59 Å². The van der Waals surface area contributed by atoms with Crippen LogP contribution in [0.5, 0.6) is 11.5 Å². The lowest BCUT2D eigenvalue weighted by Crippen LogP contribution is -2.33. The molecule has 3 aromatic rings. The molecule has 0 atom stereocenters. The van der Waals surface area contributed by atoms with Crippen molar-refractivity contribution in [3.05, 3.63) is 89.1 Å². The normalized spacial score (nSPS) is 13.6. The molecule has 0 spiro atoms. The van der Waals surface area contributed by atoms with Gasteiger partial charge in [0.15, 0.2) is 0 Å². The molecule has 0 bridgehead atoms. The Balaban J connectivity index is 1.80. The van der Waals surface area contributed by atoms with Gasteiger partial charge in [-0.25, -0.2) is 4.90 Å². The predicted octanol–water partition coefficient (Wildman–Crippen LogP) is 5.50. The van der Waals surface area contributed by atoms with E-state index in [1.807, 2.05) is 76.2 Å². The number of hydrogen-bond acceptors (Lipinski definition) is 5. The highest BCUT2D eigenvalue weighted by molar-refractivity contribution is 6.46. The predicted molar refractivity (Wildman–Crippen MR) is 134 cm³/mol. The van der Waals surface area contributed by atoms with Crippen molar-refractivity contribution in [2.75, 3.05) is 17.3 Å². The lowest BCUT2D eigenvalue weighted by Gasteiger charge is -2.18. The highest BCUT2D eigenvalue weighted by atomic mass is 16.5. The molecule has 0 aliphatic carbocycles. The Morgan fingerprint density at radius 2 is 1.59 bits per heavy atom. The fourth-order valence-electron chi connectivity index (χ4n) is 4.06. The van der Waals surface area contributed by atoms with Gasteiger partial charge in [-0.2, -0.15) is 0 Å². The highest BCUT2D eigenvalue weighted by Crippen LogP contribution is 2.38. The summed E-state index contributed by atoms with van der Waals surface area (Å²) in [6, 6.07) is 20.2. The summed E-state index contributed by atoms with van der Waals surface area (Å²) in [5.74, 6) is 0.426. The molecule has 6 nitrogen and oxygen atoms in total. The second kappa shape index (κ2) is 9.43. The van der Waals surface area contributed by atoms with E-state index >= 15 is 0 Å². The molecule has 0 radical (unpaired) electrons. The van der Waals surface area contributed by atoms with Crippen molar-refractivity contribution in [3.63, 3.8) is 0 Å². The lowest BCUT2D eigenvalue weighted by molar-refractivity contribution is -0.120. The number of benzene rings is 3. The number of ether oxygens (including phenoxy) is 2. The van der Waals surface area contributed by atoms with Gasteiger partial charge in [0.25, 0.3) is 11.8 Å². The van der Waals surface area contributed by atoms with Crippen LogP contribution in [0.3, 0.4) is 0 Å². The van der Waals surface area contributed by atoms with Gasteiger partial charge in [-0.3, -0.25) is 9.59 Å². The van der Waals surface area contributed by atoms with Crippen LogP contribution in [0.15, 0.2) is 72.4 Å². The van der Waals surface area contributed by atoms with Gasteiger partial charge in [-0.1, -0.05) is 35.9 Å². The van der Waals surface area contributed by atoms with E-state index in [0.29, 0.717) is 22.7 Å². The molecule has 3 aromatic carbocycles. The second-order valence-electron chi connectivity index (χ2n) is 8.50. The highest BCUT2D eigenvalue weighted by Gasteiger charge is 2.41. The minimum absolute atomic E-state index is 0.0546. The van der Waals surface area contributed by atoms with E-state index in [2.05, 4.69) is 5.32 Å². The maximum absolute atomic E-state index is 13.7. The van der Waals surface area contributed by atoms with Crippen LogP contribution < -0.4 is 19.7 Å². The SMILES string of the molecule is COc1ccccc1C1=C(Nc2ccc(OC(C)C)cc2)C(=O)N(c2ccc(C)cc2C)C1=O. The van der Waals surface area contributed by atoms with Crippen molar-refractivity contribution >= 4 is 28.8 Å². The first-order valence-corrected chi connectivity index (χ1v) is 11.2. The molecule has 0 saturated heterocycles. The van der Waals surface area contributed by atoms with E-state index in [1.54, 1.807) is 25.3 Å². The first kappa shape index (κ1) is 23.1. The Morgan fingerprint density at radius 3 is 2.24 bits per heavy atom. The summed E-state index contributed by atoms with van der Waals surface area (Å²) in [5.41, 5.74) is 4.15. The molecule has 0 fully saturated rings. The molecular formula is C28H28N2O4. The third-order valence-corrected chi connectivity index (χ3v) is 5.55. The Morgan fingerprint density at radius 1 is 0.882 bits per heavy atom. The molecule has 0 unspecified atom stereocenters. The number of rotatable bonds is 7. The van der Waals surface area contributed by atoms with Crippen LogP contribution in [0.1, 0.15) is 30.5 Å². The quantitative estimate of drug-likeness (QED) is 0.476. The van der Waals surface area contributed by atoms with Gasteiger partial charge in [0, 0.05) is 11.3 Å². The summed E-state index contributed by atoms with van der Waals surface area (Å²) in [7, 11) is 1.54. The van der Waals surface area contributed by atoms with Crippen molar-refractivity contribution in [3.8, 4) is 11.5 Å². The molecule has 1 N–H and O–H groups in total. The Labute approximate surface area is 199 Å². The van der Waals surface area contributed by atoms with Crippen molar-refractivity contribution < 1.29 is 19.1 Å². The second-order valence-corrected chi connectivity index (χ2v) is 8.50. The van der Waals surface area contributed by atoms with Crippen molar-refractivity contribution in [1.82, 2.24) is 0 Å². The van der Waals surface area contributed by atoms with Crippen LogP contribution in [0.25, 0.3) is 5.57 Å². The topological polar surface area (TPSA) is 67.9 Å². The standard InChI is InChI=1S/C28H28N2O4/c1-17(2)34-21-13-11-20(12-14-21)29-26-25(22-8-6-7-9-24(22)33-5)27(31)30(28(26)32)23-15-10-18(3)16-19(23)4/h6-17,29H,1-5H3. The fourth-order valence-corrected chi connectivity index (χ4v) is 4.06. The average Bonchev–Trinajstić information content (AvgIpc) is 3.04. The number of nitrogens with zero attached hydrogens (tertiary/aromatic N) is 1. The van der Waals surface area contributed by atoms with Crippen LogP contribution in [0.2, 0.25) is 0 Å². The van der Waals surface area contributed by atoms with Crippen LogP contribution in [-0.2, 0) is 9.59 Å². The van der Waals surface area contributed by atoms with Crippen LogP contribution >= 0.6 is 0 Å². The summed E-state index contributed by atoms with van der Waals surface area (Å²) in [5, 5.41) is 3.19. The first-order chi connectivity index (χ1) is 16.3. The Hall–Kier alpha value is -4.06. The van der Waals surface area contributed by atoms with Crippen molar-refractivity contribution in [2.45, 2.75) is 33.8 Å². The van der Waals surface area contributed by atoms with E-state index in [4.69, 9.17) is 9.47 Å². The van der Waals surface area contributed by atoms with Crippen LogP contribution in [0.4, 0.5) is 11.4 Å². The number of anilines is 2.